The van der Waals surface area contributed by atoms with Crippen LogP contribution in [0.5, 0.6) is 0 Å². The minimum Gasteiger partial charge on any atom is -0.345 e. The third-order valence-corrected chi connectivity index (χ3v) is 5.55. The highest BCUT2D eigenvalue weighted by Crippen LogP contribution is 2.23. The SMILES string of the molecule is C[C@@H](NC(=O)c1ccccc1NC(=O)CCc1ccc(C(C)(C)C)cc1)c1ccccc1. The van der Waals surface area contributed by atoms with E-state index >= 15 is 0 Å². The fraction of sp³-hybridized carbons (Fsp3) is 0.286. The van der Waals surface area contributed by atoms with Crippen molar-refractivity contribution in [2.75, 3.05) is 5.32 Å². The summed E-state index contributed by atoms with van der Waals surface area (Å²) in [5.74, 6) is -0.323. The topological polar surface area (TPSA) is 58.2 Å². The normalized spacial score (nSPS) is 12.1. The van der Waals surface area contributed by atoms with E-state index in [1.807, 2.05) is 43.3 Å². The van der Waals surface area contributed by atoms with Crippen LogP contribution in [0.1, 0.15) is 67.2 Å². The van der Waals surface area contributed by atoms with E-state index in [-0.39, 0.29) is 23.3 Å². The summed E-state index contributed by atoms with van der Waals surface area (Å²) < 4.78 is 0. The molecule has 0 radical (unpaired) electrons. The molecule has 3 aromatic rings. The van der Waals surface area contributed by atoms with E-state index in [1.165, 1.54) is 5.56 Å². The molecule has 0 spiro atoms. The average molecular weight is 429 g/mol. The molecule has 0 fully saturated rings. The maximum Gasteiger partial charge on any atom is 0.253 e. The van der Waals surface area contributed by atoms with E-state index in [0.717, 1.165) is 11.1 Å². The Hall–Kier alpha value is -3.40. The van der Waals surface area contributed by atoms with Gasteiger partial charge in [0.2, 0.25) is 5.91 Å². The minimum absolute atomic E-state index is 0.109. The molecule has 0 aliphatic carbocycles. The lowest BCUT2D eigenvalue weighted by atomic mass is 9.86. The molecule has 3 rings (SSSR count). The highest BCUT2D eigenvalue weighted by atomic mass is 16.2. The van der Waals surface area contributed by atoms with E-state index in [2.05, 4.69) is 55.7 Å². The van der Waals surface area contributed by atoms with Crippen LogP contribution in [0.3, 0.4) is 0 Å². The van der Waals surface area contributed by atoms with Gasteiger partial charge in [-0.3, -0.25) is 9.59 Å². The van der Waals surface area contributed by atoms with Gasteiger partial charge in [-0.05, 0) is 47.6 Å². The zero-order chi connectivity index (χ0) is 23.1. The van der Waals surface area contributed by atoms with Gasteiger partial charge >= 0.3 is 0 Å². The van der Waals surface area contributed by atoms with Gasteiger partial charge in [-0.1, -0.05) is 87.5 Å². The standard InChI is InChI=1S/C28H32N2O2/c1-20(22-10-6-5-7-11-22)29-27(32)24-12-8-9-13-25(24)30-26(31)19-16-21-14-17-23(18-15-21)28(2,3)4/h5-15,17-18,20H,16,19H2,1-4H3,(H,29,32)(H,30,31)/t20-/m1/s1. The fourth-order valence-electron chi connectivity index (χ4n) is 3.53. The van der Waals surface area contributed by atoms with Crippen LogP contribution < -0.4 is 10.6 Å². The van der Waals surface area contributed by atoms with Gasteiger partial charge in [-0.2, -0.15) is 0 Å². The summed E-state index contributed by atoms with van der Waals surface area (Å²) >= 11 is 0. The Balaban J connectivity index is 1.60. The van der Waals surface area contributed by atoms with Crippen molar-refractivity contribution < 1.29 is 9.59 Å². The molecule has 0 aliphatic rings. The monoisotopic (exact) mass is 428 g/mol. The summed E-state index contributed by atoms with van der Waals surface area (Å²) in [7, 11) is 0. The van der Waals surface area contributed by atoms with Crippen LogP contribution in [0.15, 0.2) is 78.9 Å². The van der Waals surface area contributed by atoms with Crippen molar-refractivity contribution in [3.8, 4) is 0 Å². The second kappa shape index (κ2) is 10.3. The van der Waals surface area contributed by atoms with Crippen molar-refractivity contribution in [1.29, 1.82) is 0 Å². The van der Waals surface area contributed by atoms with Crippen LogP contribution in [0.2, 0.25) is 0 Å². The first-order chi connectivity index (χ1) is 15.2. The van der Waals surface area contributed by atoms with Crippen molar-refractivity contribution in [3.05, 3.63) is 101 Å². The van der Waals surface area contributed by atoms with Gasteiger partial charge in [0.1, 0.15) is 0 Å². The third kappa shape index (κ3) is 6.30. The van der Waals surface area contributed by atoms with Gasteiger partial charge < -0.3 is 10.6 Å². The summed E-state index contributed by atoms with van der Waals surface area (Å²) in [5, 5.41) is 5.92. The number of nitrogens with one attached hydrogen (secondary N) is 2. The van der Waals surface area contributed by atoms with E-state index in [0.29, 0.717) is 24.1 Å². The number of hydrogen-bond donors (Lipinski definition) is 2. The molecule has 4 heteroatoms. The molecule has 4 nitrogen and oxygen atoms in total. The summed E-state index contributed by atoms with van der Waals surface area (Å²) in [6, 6.07) is 25.2. The molecular weight excluding hydrogens is 396 g/mol. The number of para-hydroxylation sites is 1. The van der Waals surface area contributed by atoms with Gasteiger partial charge in [0.25, 0.3) is 5.91 Å². The van der Waals surface area contributed by atoms with E-state index < -0.39 is 0 Å². The first-order valence-corrected chi connectivity index (χ1v) is 11.1. The Kier molecular flexibility index (Phi) is 7.47. The molecule has 2 N–H and O–H groups in total. The molecule has 0 aromatic heterocycles. The largest absolute Gasteiger partial charge is 0.345 e. The Bertz CT molecular complexity index is 1050. The number of carbonyl (C=O) groups excluding carboxylic acids is 2. The average Bonchev–Trinajstić information content (AvgIpc) is 2.78. The number of carbonyl (C=O) groups is 2. The Morgan fingerprint density at radius 1 is 0.844 bits per heavy atom. The molecule has 0 unspecified atom stereocenters. The van der Waals surface area contributed by atoms with Crippen molar-refractivity contribution in [3.63, 3.8) is 0 Å². The van der Waals surface area contributed by atoms with Crippen LogP contribution in [0.25, 0.3) is 0 Å². The van der Waals surface area contributed by atoms with Crippen molar-refractivity contribution in [2.45, 2.75) is 52.0 Å². The summed E-state index contributed by atoms with van der Waals surface area (Å²) in [4.78, 5) is 25.4. The van der Waals surface area contributed by atoms with E-state index in [4.69, 9.17) is 0 Å². The van der Waals surface area contributed by atoms with Crippen LogP contribution in [0.4, 0.5) is 5.69 Å². The van der Waals surface area contributed by atoms with E-state index in [9.17, 15) is 9.59 Å². The summed E-state index contributed by atoms with van der Waals surface area (Å²) in [5.41, 5.74) is 4.51. The highest BCUT2D eigenvalue weighted by Gasteiger charge is 2.16. The van der Waals surface area contributed by atoms with Gasteiger partial charge in [-0.25, -0.2) is 0 Å². The van der Waals surface area contributed by atoms with Gasteiger partial charge in [0, 0.05) is 6.42 Å². The maximum absolute atomic E-state index is 12.9. The van der Waals surface area contributed by atoms with Gasteiger partial charge in [0.15, 0.2) is 0 Å². The molecule has 3 aromatic carbocycles. The smallest absolute Gasteiger partial charge is 0.253 e. The molecular formula is C28H32N2O2. The maximum atomic E-state index is 12.9. The number of aryl methyl sites for hydroxylation is 1. The lowest BCUT2D eigenvalue weighted by Crippen LogP contribution is -2.28. The third-order valence-electron chi connectivity index (χ3n) is 5.55. The van der Waals surface area contributed by atoms with E-state index in [1.54, 1.807) is 18.2 Å². The van der Waals surface area contributed by atoms with Crippen molar-refractivity contribution in [2.24, 2.45) is 0 Å². The first kappa shape index (κ1) is 23.3. The predicted octanol–water partition coefficient (Wildman–Crippen LogP) is 6.05. The molecule has 1 atom stereocenters. The molecule has 2 amide bonds. The Labute approximate surface area is 191 Å². The highest BCUT2D eigenvalue weighted by molar-refractivity contribution is 6.03. The van der Waals surface area contributed by atoms with Crippen LogP contribution >= 0.6 is 0 Å². The Morgan fingerprint density at radius 2 is 1.47 bits per heavy atom. The van der Waals surface area contributed by atoms with Gasteiger partial charge in [0.05, 0.1) is 17.3 Å². The van der Waals surface area contributed by atoms with Crippen LogP contribution in [-0.4, -0.2) is 11.8 Å². The summed E-state index contributed by atoms with van der Waals surface area (Å²) in [6.45, 7) is 8.50. The number of benzene rings is 3. The molecule has 0 aliphatic heterocycles. The molecule has 0 saturated heterocycles. The number of rotatable bonds is 7. The number of hydrogen-bond acceptors (Lipinski definition) is 2. The molecule has 32 heavy (non-hydrogen) atoms. The van der Waals surface area contributed by atoms with Gasteiger partial charge in [-0.15, -0.1) is 0 Å². The first-order valence-electron chi connectivity index (χ1n) is 11.1. The summed E-state index contributed by atoms with van der Waals surface area (Å²) in [6.07, 6.45) is 1.00. The predicted molar refractivity (Wildman–Crippen MR) is 131 cm³/mol. The van der Waals surface area contributed by atoms with Crippen molar-refractivity contribution in [1.82, 2.24) is 5.32 Å². The van der Waals surface area contributed by atoms with Crippen molar-refractivity contribution >= 4 is 17.5 Å². The lowest BCUT2D eigenvalue weighted by Gasteiger charge is -2.19. The molecule has 0 saturated carbocycles. The second-order valence-corrected chi connectivity index (χ2v) is 9.15. The fourth-order valence-corrected chi connectivity index (χ4v) is 3.53. The number of amides is 2. The minimum atomic E-state index is -0.213. The Morgan fingerprint density at radius 3 is 2.12 bits per heavy atom. The molecule has 0 heterocycles. The second-order valence-electron chi connectivity index (χ2n) is 9.15. The lowest BCUT2D eigenvalue weighted by molar-refractivity contribution is -0.116. The zero-order valence-electron chi connectivity index (χ0n) is 19.3. The molecule has 166 valence electrons. The molecule has 0 bridgehead atoms. The quantitative estimate of drug-likeness (QED) is 0.481. The van der Waals surface area contributed by atoms with Crippen LogP contribution in [-0.2, 0) is 16.6 Å². The number of anilines is 1. The van der Waals surface area contributed by atoms with Crippen LogP contribution in [0, 0.1) is 0 Å². The zero-order valence-corrected chi connectivity index (χ0v) is 19.3.